The number of hydrogen-bond donors (Lipinski definition) is 1. The molecule has 1 aliphatic rings. The summed E-state index contributed by atoms with van der Waals surface area (Å²) in [5.41, 5.74) is 7.05. The highest BCUT2D eigenvalue weighted by Gasteiger charge is 2.42. The van der Waals surface area contributed by atoms with E-state index in [-0.39, 0.29) is 17.9 Å². The zero-order valence-corrected chi connectivity index (χ0v) is 21.5. The van der Waals surface area contributed by atoms with E-state index < -0.39 is 0 Å². The maximum absolute atomic E-state index is 14.1. The molecule has 172 valence electrons. The number of pyridine rings is 1. The Morgan fingerprint density at radius 1 is 0.971 bits per heavy atom. The van der Waals surface area contributed by atoms with Gasteiger partial charge in [-0.2, -0.15) is 0 Å². The molecule has 1 fully saturated rings. The highest BCUT2D eigenvalue weighted by molar-refractivity contribution is 9.10. The third-order valence-electron chi connectivity index (χ3n) is 6.37. The minimum atomic E-state index is -0.256. The Kier molecular flexibility index (Phi) is 6.00. The number of nitrogens with one attached hydrogen (secondary N) is 1. The molecule has 0 bridgehead atoms. The molecular weight excluding hydrogens is 511 g/mol. The number of thiocarbonyl (C=S) groups is 1. The van der Waals surface area contributed by atoms with Crippen LogP contribution in [-0.4, -0.2) is 14.7 Å². The molecule has 2 aromatic heterocycles. The lowest BCUT2D eigenvalue weighted by atomic mass is 9.96. The summed E-state index contributed by atoms with van der Waals surface area (Å²) in [6, 6.07) is 20.8. The van der Waals surface area contributed by atoms with Crippen LogP contribution in [0.3, 0.4) is 0 Å². The summed E-state index contributed by atoms with van der Waals surface area (Å²) >= 11 is 9.47. The van der Waals surface area contributed by atoms with Crippen LogP contribution in [0.4, 0.5) is 10.1 Å². The summed E-state index contributed by atoms with van der Waals surface area (Å²) in [5.74, 6) is -0.256. The van der Waals surface area contributed by atoms with Gasteiger partial charge >= 0.3 is 0 Å². The van der Waals surface area contributed by atoms with Crippen molar-refractivity contribution in [2.75, 3.05) is 4.90 Å². The van der Waals surface area contributed by atoms with Crippen LogP contribution in [0.5, 0.6) is 0 Å². The summed E-state index contributed by atoms with van der Waals surface area (Å²) in [4.78, 5) is 6.82. The third-order valence-corrected chi connectivity index (χ3v) is 7.58. The number of nitrogens with zero attached hydrogens (tertiary/aromatic N) is 3. The van der Waals surface area contributed by atoms with Gasteiger partial charge in [0, 0.05) is 33.4 Å². The van der Waals surface area contributed by atoms with Crippen LogP contribution in [-0.2, 0) is 0 Å². The Labute approximate surface area is 212 Å². The number of aryl methyl sites for hydroxylation is 2. The third kappa shape index (κ3) is 3.93. The van der Waals surface area contributed by atoms with Crippen molar-refractivity contribution in [2.24, 2.45) is 0 Å². The Balaban J connectivity index is 1.69. The van der Waals surface area contributed by atoms with E-state index >= 15 is 0 Å². The second-order valence-corrected chi connectivity index (χ2v) is 9.81. The normalized spacial score (nSPS) is 17.8. The van der Waals surface area contributed by atoms with E-state index in [0.29, 0.717) is 5.11 Å². The van der Waals surface area contributed by atoms with E-state index in [1.807, 2.05) is 31.2 Å². The summed E-state index contributed by atoms with van der Waals surface area (Å²) in [6.45, 7) is 6.20. The molecule has 5 rings (SSSR count). The highest BCUT2D eigenvalue weighted by Crippen LogP contribution is 2.44. The zero-order chi connectivity index (χ0) is 24.0. The van der Waals surface area contributed by atoms with Crippen molar-refractivity contribution in [2.45, 2.75) is 32.9 Å². The standard InChI is InChI=1S/C27H24BrFN4S/c1-16-13-21(10-11-23(16)28)33-26(25(31-27(33)34)24-9-4-5-12-30-24)22-14-17(2)32(18(22)3)20-8-6-7-19(29)15-20/h4-15,25-26H,1-3H3,(H,31,34)/t25-,26+/m0/s1. The maximum atomic E-state index is 14.1. The molecule has 0 spiro atoms. The van der Waals surface area contributed by atoms with Gasteiger partial charge in [-0.05, 0) is 98.7 Å². The molecule has 3 heterocycles. The van der Waals surface area contributed by atoms with Gasteiger partial charge in [-0.1, -0.05) is 28.1 Å². The number of rotatable bonds is 4. The van der Waals surface area contributed by atoms with Crippen molar-refractivity contribution in [3.05, 3.63) is 111 Å². The van der Waals surface area contributed by atoms with Crippen LogP contribution >= 0.6 is 28.1 Å². The molecular formula is C27H24BrFN4S. The average Bonchev–Trinajstić information content (AvgIpc) is 3.31. The van der Waals surface area contributed by atoms with Crippen molar-refractivity contribution >= 4 is 38.9 Å². The van der Waals surface area contributed by atoms with Crippen molar-refractivity contribution in [3.63, 3.8) is 0 Å². The summed E-state index contributed by atoms with van der Waals surface area (Å²) in [7, 11) is 0. The second kappa shape index (κ2) is 8.96. The van der Waals surface area contributed by atoms with Crippen molar-refractivity contribution in [3.8, 4) is 5.69 Å². The Bertz CT molecular complexity index is 1380. The predicted octanol–water partition coefficient (Wildman–Crippen LogP) is 6.88. The molecule has 0 amide bonds. The van der Waals surface area contributed by atoms with Gasteiger partial charge < -0.3 is 14.8 Å². The number of benzene rings is 2. The topological polar surface area (TPSA) is 33.1 Å². The summed E-state index contributed by atoms with van der Waals surface area (Å²) in [5, 5.41) is 4.17. The van der Waals surface area contributed by atoms with Crippen molar-refractivity contribution in [1.29, 1.82) is 0 Å². The summed E-state index contributed by atoms with van der Waals surface area (Å²) < 4.78 is 17.2. The molecule has 0 radical (unpaired) electrons. The fourth-order valence-electron chi connectivity index (χ4n) is 4.83. The van der Waals surface area contributed by atoms with Crippen LogP contribution in [0.2, 0.25) is 0 Å². The van der Waals surface area contributed by atoms with Crippen molar-refractivity contribution in [1.82, 2.24) is 14.9 Å². The predicted molar refractivity (Wildman–Crippen MR) is 142 cm³/mol. The smallest absolute Gasteiger partial charge is 0.174 e. The monoisotopic (exact) mass is 534 g/mol. The SMILES string of the molecule is Cc1cc(N2C(=S)N[C@@H](c3ccccn3)[C@H]2c2cc(C)n(-c3cccc(F)c3)c2C)ccc1Br. The first-order valence-electron chi connectivity index (χ1n) is 11.1. The van der Waals surface area contributed by atoms with Gasteiger partial charge in [0.25, 0.3) is 0 Å². The van der Waals surface area contributed by atoms with Gasteiger partial charge in [0.1, 0.15) is 5.82 Å². The summed E-state index contributed by atoms with van der Waals surface area (Å²) in [6.07, 6.45) is 1.81. The molecule has 34 heavy (non-hydrogen) atoms. The lowest BCUT2D eigenvalue weighted by molar-refractivity contribution is 0.565. The van der Waals surface area contributed by atoms with E-state index in [1.54, 1.807) is 18.3 Å². The number of hydrogen-bond acceptors (Lipinski definition) is 2. The van der Waals surface area contributed by atoms with Crippen LogP contribution in [0.1, 0.15) is 40.3 Å². The minimum Gasteiger partial charge on any atom is -0.351 e. The van der Waals surface area contributed by atoms with Crippen LogP contribution in [0.25, 0.3) is 5.69 Å². The van der Waals surface area contributed by atoms with Gasteiger partial charge in [-0.15, -0.1) is 0 Å². The number of anilines is 1. The molecule has 2 atom stereocenters. The van der Waals surface area contributed by atoms with Gasteiger partial charge in [0.15, 0.2) is 5.11 Å². The number of halogens is 2. The maximum Gasteiger partial charge on any atom is 0.174 e. The lowest BCUT2D eigenvalue weighted by Gasteiger charge is -2.28. The van der Waals surface area contributed by atoms with Crippen LogP contribution in [0, 0.1) is 26.6 Å². The molecule has 1 N–H and O–H groups in total. The largest absolute Gasteiger partial charge is 0.351 e. The van der Waals surface area contributed by atoms with E-state index in [9.17, 15) is 4.39 Å². The first-order chi connectivity index (χ1) is 16.3. The Hall–Kier alpha value is -3.03. The molecule has 0 unspecified atom stereocenters. The molecule has 2 aromatic carbocycles. The molecule has 4 nitrogen and oxygen atoms in total. The number of aromatic nitrogens is 2. The lowest BCUT2D eigenvalue weighted by Crippen LogP contribution is -2.29. The van der Waals surface area contributed by atoms with E-state index in [2.05, 4.69) is 73.8 Å². The molecule has 0 saturated carbocycles. The van der Waals surface area contributed by atoms with Gasteiger partial charge in [-0.3, -0.25) is 4.98 Å². The Morgan fingerprint density at radius 3 is 2.50 bits per heavy atom. The van der Waals surface area contributed by atoms with Crippen LogP contribution in [0.15, 0.2) is 77.4 Å². The highest BCUT2D eigenvalue weighted by atomic mass is 79.9. The van der Waals surface area contributed by atoms with Gasteiger partial charge in [-0.25, -0.2) is 4.39 Å². The fraction of sp³-hybridized carbons (Fsp3) is 0.185. The van der Waals surface area contributed by atoms with E-state index in [1.165, 1.54) is 6.07 Å². The van der Waals surface area contributed by atoms with Gasteiger partial charge in [0.05, 0.1) is 17.8 Å². The van der Waals surface area contributed by atoms with Crippen molar-refractivity contribution < 1.29 is 4.39 Å². The molecule has 7 heteroatoms. The fourth-order valence-corrected chi connectivity index (χ4v) is 5.42. The molecule has 0 aliphatic carbocycles. The molecule has 4 aromatic rings. The minimum absolute atomic E-state index is 0.128. The first-order valence-corrected chi connectivity index (χ1v) is 12.3. The van der Waals surface area contributed by atoms with E-state index in [0.717, 1.165) is 44.1 Å². The Morgan fingerprint density at radius 2 is 1.79 bits per heavy atom. The van der Waals surface area contributed by atoms with Crippen LogP contribution < -0.4 is 10.2 Å². The average molecular weight is 535 g/mol. The van der Waals surface area contributed by atoms with Gasteiger partial charge in [0.2, 0.25) is 0 Å². The quantitative estimate of drug-likeness (QED) is 0.289. The molecule has 1 saturated heterocycles. The zero-order valence-electron chi connectivity index (χ0n) is 19.1. The molecule has 1 aliphatic heterocycles. The van der Waals surface area contributed by atoms with E-state index in [4.69, 9.17) is 12.2 Å². The first kappa shape index (κ1) is 22.7. The second-order valence-electron chi connectivity index (χ2n) is 8.57.